The zero-order chi connectivity index (χ0) is 18.6. The Balaban J connectivity index is 1.69. The van der Waals surface area contributed by atoms with Gasteiger partial charge in [-0.3, -0.25) is 14.6 Å². The van der Waals surface area contributed by atoms with E-state index in [1.807, 2.05) is 43.5 Å². The second kappa shape index (κ2) is 5.76. The number of carbonyl (C=O) groups excluding carboxylic acids is 2. The van der Waals surface area contributed by atoms with Gasteiger partial charge in [0, 0.05) is 7.05 Å². The molecular weight excluding hydrogens is 332 g/mol. The summed E-state index contributed by atoms with van der Waals surface area (Å²) in [5, 5.41) is 4.16. The Hall–Kier alpha value is -3.03. The summed E-state index contributed by atoms with van der Waals surface area (Å²) in [5.41, 5.74) is 6.84. The molecule has 0 aromatic heterocycles. The van der Waals surface area contributed by atoms with E-state index >= 15 is 0 Å². The number of amidine groups is 1. The second-order valence-corrected chi connectivity index (χ2v) is 6.98. The molecule has 0 spiro atoms. The summed E-state index contributed by atoms with van der Waals surface area (Å²) in [5.74, 6) is 0.709. The Morgan fingerprint density at radius 3 is 2.81 bits per heavy atom. The van der Waals surface area contributed by atoms with Crippen LogP contribution in [0.1, 0.15) is 23.6 Å². The molecule has 134 valence electrons. The lowest BCUT2D eigenvalue weighted by atomic mass is 10.0. The number of aliphatic imine (C=N–C) groups is 1. The average Bonchev–Trinajstić information content (AvgIpc) is 2.98. The Morgan fingerprint density at radius 1 is 1.27 bits per heavy atom. The molecule has 1 aromatic rings. The lowest BCUT2D eigenvalue weighted by Gasteiger charge is -2.34. The Morgan fingerprint density at radius 2 is 2.04 bits per heavy atom. The summed E-state index contributed by atoms with van der Waals surface area (Å²) >= 11 is 0. The largest absolute Gasteiger partial charge is 0.414 e. The van der Waals surface area contributed by atoms with E-state index in [1.54, 1.807) is 7.05 Å². The molecule has 8 nitrogen and oxygen atoms in total. The van der Waals surface area contributed by atoms with Gasteiger partial charge in [0.2, 0.25) is 11.9 Å². The molecule has 1 N–H and O–H groups in total. The molecular formula is C18H21N6O2+. The third-order valence-electron chi connectivity index (χ3n) is 4.99. The first-order valence-corrected chi connectivity index (χ1v) is 8.53. The van der Waals surface area contributed by atoms with Crippen LogP contribution >= 0.6 is 0 Å². The number of hydrogen-bond acceptors (Lipinski definition) is 5. The van der Waals surface area contributed by atoms with E-state index < -0.39 is 6.04 Å². The first-order chi connectivity index (χ1) is 12.4. The molecule has 0 bridgehead atoms. The average molecular weight is 353 g/mol. The summed E-state index contributed by atoms with van der Waals surface area (Å²) in [6.45, 7) is 6.63. The fourth-order valence-corrected chi connectivity index (χ4v) is 3.49. The lowest BCUT2D eigenvalue weighted by Crippen LogP contribution is -2.63. The number of hydrogen-bond donors (Lipinski definition) is 1. The van der Waals surface area contributed by atoms with E-state index in [0.717, 1.165) is 22.4 Å². The highest BCUT2D eigenvalue weighted by Gasteiger charge is 2.53. The molecule has 0 radical (unpaired) electrons. The van der Waals surface area contributed by atoms with Crippen LogP contribution in [0.2, 0.25) is 0 Å². The van der Waals surface area contributed by atoms with Gasteiger partial charge in [-0.15, -0.1) is 5.10 Å². The molecule has 4 rings (SSSR count). The summed E-state index contributed by atoms with van der Waals surface area (Å²) in [4.78, 5) is 33.2. The minimum Gasteiger partial charge on any atom is -0.270 e. The molecule has 8 heteroatoms. The standard InChI is InChI=1S/C18H20N6O2/c1-10-5-6-11(2)13(7-10)9-24-16(25)14-15(22(4)18(24)26)19-17-21-20-12(3)8-23(14)17/h5-7,14H,8-9H2,1-4H3/p+1. The molecule has 3 aliphatic rings. The van der Waals surface area contributed by atoms with E-state index in [0.29, 0.717) is 18.3 Å². The minimum absolute atomic E-state index is 0.251. The van der Waals surface area contributed by atoms with E-state index in [4.69, 9.17) is 0 Å². The number of imide groups is 1. The zero-order valence-corrected chi connectivity index (χ0v) is 15.3. The van der Waals surface area contributed by atoms with E-state index in [2.05, 4.69) is 15.5 Å². The number of rotatable bonds is 2. The number of nitrogens with one attached hydrogen (secondary N) is 1. The van der Waals surface area contributed by atoms with Crippen LogP contribution in [0.25, 0.3) is 0 Å². The first-order valence-electron chi connectivity index (χ1n) is 8.53. The topological polar surface area (TPSA) is 80.4 Å². The number of benzene rings is 1. The van der Waals surface area contributed by atoms with Gasteiger partial charge in [0.05, 0.1) is 12.3 Å². The number of carbonyl (C=O) groups is 2. The summed E-state index contributed by atoms with van der Waals surface area (Å²) in [6, 6.07) is 5.09. The van der Waals surface area contributed by atoms with Crippen LogP contribution in [0, 0.1) is 13.8 Å². The molecule has 26 heavy (non-hydrogen) atoms. The molecule has 0 aliphatic carbocycles. The van der Waals surface area contributed by atoms with E-state index in [1.165, 1.54) is 9.80 Å². The maximum absolute atomic E-state index is 13.2. The maximum Gasteiger partial charge on any atom is 0.414 e. The zero-order valence-electron chi connectivity index (χ0n) is 15.3. The lowest BCUT2D eigenvalue weighted by molar-refractivity contribution is -0.524. The van der Waals surface area contributed by atoms with Gasteiger partial charge >= 0.3 is 12.0 Å². The van der Waals surface area contributed by atoms with Crippen LogP contribution < -0.4 is 5.43 Å². The number of likely N-dealkylation sites (N-methyl/N-ethyl adjacent to an activating group) is 1. The van der Waals surface area contributed by atoms with Crippen LogP contribution in [-0.4, -0.2) is 63.5 Å². The van der Waals surface area contributed by atoms with Crippen LogP contribution in [0.15, 0.2) is 28.3 Å². The van der Waals surface area contributed by atoms with Crippen molar-refractivity contribution in [3.05, 3.63) is 34.9 Å². The summed E-state index contributed by atoms with van der Waals surface area (Å²) in [6.07, 6.45) is 0. The number of nitrogens with zero attached hydrogens (tertiary/aromatic N) is 5. The number of aryl methyl sites for hydroxylation is 2. The quantitative estimate of drug-likeness (QED) is 0.800. The highest BCUT2D eigenvalue weighted by Crippen LogP contribution is 2.23. The normalized spacial score (nSPS) is 22.1. The molecule has 1 unspecified atom stereocenters. The fraction of sp³-hybridized carbons (Fsp3) is 0.389. The van der Waals surface area contributed by atoms with Crippen molar-refractivity contribution in [2.45, 2.75) is 33.4 Å². The molecule has 3 amide bonds. The third kappa shape index (κ3) is 2.40. The van der Waals surface area contributed by atoms with Gasteiger partial charge in [0.1, 0.15) is 6.54 Å². The van der Waals surface area contributed by atoms with Crippen molar-refractivity contribution >= 4 is 29.4 Å². The van der Waals surface area contributed by atoms with Crippen molar-refractivity contribution in [3.63, 3.8) is 0 Å². The molecule has 0 saturated carbocycles. The summed E-state index contributed by atoms with van der Waals surface area (Å²) < 4.78 is 1.86. The van der Waals surface area contributed by atoms with Crippen molar-refractivity contribution in [3.8, 4) is 0 Å². The van der Waals surface area contributed by atoms with Gasteiger partial charge < -0.3 is 0 Å². The number of amides is 3. The molecule has 1 saturated heterocycles. The predicted molar refractivity (Wildman–Crippen MR) is 97.2 cm³/mol. The molecule has 1 aromatic carbocycles. The van der Waals surface area contributed by atoms with E-state index in [-0.39, 0.29) is 18.5 Å². The molecule has 3 heterocycles. The van der Waals surface area contributed by atoms with Crippen LogP contribution in [0.5, 0.6) is 0 Å². The molecule has 1 atom stereocenters. The van der Waals surface area contributed by atoms with Gasteiger partial charge in [0.15, 0.2) is 0 Å². The van der Waals surface area contributed by atoms with Crippen molar-refractivity contribution in [2.24, 2.45) is 10.1 Å². The van der Waals surface area contributed by atoms with Gasteiger partial charge in [-0.1, -0.05) is 28.8 Å². The number of urea groups is 1. The first kappa shape index (κ1) is 16.4. The Bertz CT molecular complexity index is 930. The third-order valence-corrected chi connectivity index (χ3v) is 4.99. The van der Waals surface area contributed by atoms with Gasteiger partial charge in [-0.25, -0.2) is 9.37 Å². The van der Waals surface area contributed by atoms with E-state index in [9.17, 15) is 9.59 Å². The van der Waals surface area contributed by atoms with Crippen LogP contribution in [0.3, 0.4) is 0 Å². The SMILES string of the molecule is CC1=NNC2=[N+](C1)C1C(=O)N(Cc3cc(C)ccc3C)C(=O)N(C)C1=N2. The predicted octanol–water partition coefficient (Wildman–Crippen LogP) is 0.826. The van der Waals surface area contributed by atoms with Gasteiger partial charge in [-0.2, -0.15) is 5.43 Å². The van der Waals surface area contributed by atoms with Crippen molar-refractivity contribution < 1.29 is 14.2 Å². The number of hydrazone groups is 1. The van der Waals surface area contributed by atoms with Crippen LogP contribution in [0.4, 0.5) is 4.79 Å². The molecule has 1 fully saturated rings. The Kier molecular flexibility index (Phi) is 3.64. The summed E-state index contributed by atoms with van der Waals surface area (Å²) in [7, 11) is 1.66. The fourth-order valence-electron chi connectivity index (χ4n) is 3.49. The van der Waals surface area contributed by atoms with Crippen molar-refractivity contribution in [2.75, 3.05) is 13.6 Å². The smallest absolute Gasteiger partial charge is 0.270 e. The van der Waals surface area contributed by atoms with Crippen molar-refractivity contribution in [1.82, 2.24) is 15.2 Å². The second-order valence-electron chi connectivity index (χ2n) is 6.98. The Labute approximate surface area is 151 Å². The maximum atomic E-state index is 13.2. The van der Waals surface area contributed by atoms with Gasteiger partial charge in [-0.05, 0) is 31.9 Å². The van der Waals surface area contributed by atoms with Crippen molar-refractivity contribution in [1.29, 1.82) is 0 Å². The van der Waals surface area contributed by atoms with Crippen LogP contribution in [-0.2, 0) is 11.3 Å². The highest BCUT2D eigenvalue weighted by molar-refractivity contribution is 6.23. The minimum atomic E-state index is -0.601. The highest BCUT2D eigenvalue weighted by atomic mass is 16.2. The monoisotopic (exact) mass is 353 g/mol. The van der Waals surface area contributed by atoms with Gasteiger partial charge in [0.25, 0.3) is 5.91 Å². The molecule has 3 aliphatic heterocycles. The number of guanidine groups is 1. The number of fused-ring (bicyclic) bond motifs is 2.